The average molecular weight is 431 g/mol. The topological polar surface area (TPSA) is 36.9 Å². The standard InChI is InChI=1S/C28H30O4/c1-4-11-23(12-5-1)19-29-22-27-28(32-21-25-15-8-3-9-16-25)26(17-10-18-30-27)31-20-24-13-6-2-7-14-24/h1-17,26-28H,18-22H2/t26-,27-,28+/m1/s1. The molecule has 0 amide bonds. The number of benzene rings is 3. The molecule has 0 radical (unpaired) electrons. The number of hydrogen-bond acceptors (Lipinski definition) is 4. The van der Waals surface area contributed by atoms with Crippen LogP contribution in [0.5, 0.6) is 0 Å². The molecule has 32 heavy (non-hydrogen) atoms. The number of ether oxygens (including phenoxy) is 4. The van der Waals surface area contributed by atoms with Gasteiger partial charge in [0, 0.05) is 0 Å². The highest BCUT2D eigenvalue weighted by Crippen LogP contribution is 2.21. The Morgan fingerprint density at radius 3 is 1.78 bits per heavy atom. The number of rotatable bonds is 10. The molecule has 0 fully saturated rings. The summed E-state index contributed by atoms with van der Waals surface area (Å²) >= 11 is 0. The molecule has 1 aliphatic heterocycles. The fourth-order valence-corrected chi connectivity index (χ4v) is 3.68. The van der Waals surface area contributed by atoms with Gasteiger partial charge < -0.3 is 18.9 Å². The molecule has 4 heteroatoms. The fourth-order valence-electron chi connectivity index (χ4n) is 3.68. The Morgan fingerprint density at radius 2 is 1.19 bits per heavy atom. The molecule has 4 nitrogen and oxygen atoms in total. The summed E-state index contributed by atoms with van der Waals surface area (Å²) in [4.78, 5) is 0. The molecule has 3 aromatic rings. The van der Waals surface area contributed by atoms with Crippen molar-refractivity contribution in [3.8, 4) is 0 Å². The third kappa shape index (κ3) is 6.87. The van der Waals surface area contributed by atoms with Gasteiger partial charge >= 0.3 is 0 Å². The Kier molecular flexibility index (Phi) is 8.64. The lowest BCUT2D eigenvalue weighted by Gasteiger charge is -2.30. The second kappa shape index (κ2) is 12.3. The first-order valence-electron chi connectivity index (χ1n) is 11.1. The van der Waals surface area contributed by atoms with E-state index in [0.29, 0.717) is 33.0 Å². The van der Waals surface area contributed by atoms with Gasteiger partial charge in [0.1, 0.15) is 18.3 Å². The molecule has 0 bridgehead atoms. The largest absolute Gasteiger partial charge is 0.374 e. The highest BCUT2D eigenvalue weighted by Gasteiger charge is 2.32. The summed E-state index contributed by atoms with van der Waals surface area (Å²) in [5.74, 6) is 0. The quantitative estimate of drug-likeness (QED) is 0.408. The monoisotopic (exact) mass is 430 g/mol. The molecule has 0 unspecified atom stereocenters. The van der Waals surface area contributed by atoms with Crippen molar-refractivity contribution >= 4 is 0 Å². The first kappa shape index (κ1) is 22.4. The predicted octanol–water partition coefficient (Wildman–Crippen LogP) is 5.33. The molecular weight excluding hydrogens is 400 g/mol. The molecule has 3 atom stereocenters. The molecule has 4 rings (SSSR count). The van der Waals surface area contributed by atoms with Crippen LogP contribution in [0.4, 0.5) is 0 Å². The van der Waals surface area contributed by atoms with Gasteiger partial charge in [0.25, 0.3) is 0 Å². The Labute approximate surface area is 190 Å². The van der Waals surface area contributed by atoms with Crippen molar-refractivity contribution in [2.24, 2.45) is 0 Å². The molecule has 0 aliphatic carbocycles. The first-order valence-corrected chi connectivity index (χ1v) is 11.1. The van der Waals surface area contributed by atoms with Crippen molar-refractivity contribution in [2.45, 2.75) is 38.1 Å². The van der Waals surface area contributed by atoms with Gasteiger partial charge in [-0.1, -0.05) is 103 Å². The van der Waals surface area contributed by atoms with Crippen LogP contribution in [-0.2, 0) is 38.8 Å². The zero-order chi connectivity index (χ0) is 21.8. The third-order valence-corrected chi connectivity index (χ3v) is 5.39. The minimum Gasteiger partial charge on any atom is -0.374 e. The molecule has 0 saturated heterocycles. The summed E-state index contributed by atoms with van der Waals surface area (Å²) in [6.45, 7) is 2.48. The Balaban J connectivity index is 1.42. The summed E-state index contributed by atoms with van der Waals surface area (Å²) in [5, 5.41) is 0. The molecule has 0 N–H and O–H groups in total. The second-order valence-electron chi connectivity index (χ2n) is 7.82. The highest BCUT2D eigenvalue weighted by molar-refractivity contribution is 5.15. The lowest BCUT2D eigenvalue weighted by Crippen LogP contribution is -2.43. The van der Waals surface area contributed by atoms with E-state index in [1.54, 1.807) is 0 Å². The van der Waals surface area contributed by atoms with Crippen LogP contribution in [0.2, 0.25) is 0 Å². The van der Waals surface area contributed by atoms with Gasteiger partial charge in [-0.25, -0.2) is 0 Å². The van der Waals surface area contributed by atoms with Crippen molar-refractivity contribution in [1.82, 2.24) is 0 Å². The van der Waals surface area contributed by atoms with E-state index < -0.39 is 0 Å². The Hall–Kier alpha value is -2.76. The van der Waals surface area contributed by atoms with E-state index in [1.807, 2.05) is 60.7 Å². The van der Waals surface area contributed by atoms with E-state index in [0.717, 1.165) is 16.7 Å². The SMILES string of the molecule is C1=C[C@@H](OCc2ccccc2)[C@H](OCc2ccccc2)[C@@H](COCc2ccccc2)OC1. The first-order chi connectivity index (χ1) is 15.9. The Morgan fingerprint density at radius 1 is 0.656 bits per heavy atom. The minimum absolute atomic E-state index is 0.230. The van der Waals surface area contributed by atoms with Crippen LogP contribution in [0.15, 0.2) is 103 Å². The van der Waals surface area contributed by atoms with E-state index >= 15 is 0 Å². The molecule has 166 valence electrons. The lowest BCUT2D eigenvalue weighted by molar-refractivity contribution is -0.145. The summed E-state index contributed by atoms with van der Waals surface area (Å²) in [6.07, 6.45) is 3.31. The van der Waals surface area contributed by atoms with Crippen LogP contribution in [0.25, 0.3) is 0 Å². The molecular formula is C28H30O4. The molecule has 1 aliphatic rings. The maximum atomic E-state index is 6.38. The second-order valence-corrected chi connectivity index (χ2v) is 7.82. The van der Waals surface area contributed by atoms with Crippen LogP contribution in [-0.4, -0.2) is 31.5 Å². The number of hydrogen-bond donors (Lipinski definition) is 0. The van der Waals surface area contributed by atoms with Crippen molar-refractivity contribution < 1.29 is 18.9 Å². The summed E-state index contributed by atoms with van der Waals surface area (Å²) in [6, 6.07) is 30.5. The van der Waals surface area contributed by atoms with Crippen LogP contribution in [0, 0.1) is 0 Å². The van der Waals surface area contributed by atoms with E-state index in [9.17, 15) is 0 Å². The normalized spacial score (nSPS) is 20.7. The van der Waals surface area contributed by atoms with Crippen LogP contribution < -0.4 is 0 Å². The van der Waals surface area contributed by atoms with Gasteiger partial charge in [-0.2, -0.15) is 0 Å². The molecule has 0 aromatic heterocycles. The zero-order valence-corrected chi connectivity index (χ0v) is 18.2. The third-order valence-electron chi connectivity index (χ3n) is 5.39. The fraction of sp³-hybridized carbons (Fsp3) is 0.286. The predicted molar refractivity (Wildman–Crippen MR) is 125 cm³/mol. The maximum absolute atomic E-state index is 6.38. The minimum atomic E-state index is -0.284. The molecule has 0 saturated carbocycles. The van der Waals surface area contributed by atoms with Crippen molar-refractivity contribution in [2.75, 3.05) is 13.2 Å². The highest BCUT2D eigenvalue weighted by atomic mass is 16.6. The van der Waals surface area contributed by atoms with Crippen molar-refractivity contribution in [3.05, 3.63) is 120 Å². The lowest BCUT2D eigenvalue weighted by atomic mass is 10.1. The van der Waals surface area contributed by atoms with Crippen molar-refractivity contribution in [3.63, 3.8) is 0 Å². The van der Waals surface area contributed by atoms with E-state index in [1.165, 1.54) is 0 Å². The van der Waals surface area contributed by atoms with Gasteiger partial charge in [0.15, 0.2) is 0 Å². The maximum Gasteiger partial charge on any atom is 0.116 e. The van der Waals surface area contributed by atoms with Gasteiger partial charge in [-0.05, 0) is 16.7 Å². The van der Waals surface area contributed by atoms with Crippen molar-refractivity contribution in [1.29, 1.82) is 0 Å². The van der Waals surface area contributed by atoms with Gasteiger partial charge in [0.2, 0.25) is 0 Å². The summed E-state index contributed by atoms with van der Waals surface area (Å²) in [7, 11) is 0. The molecule has 1 heterocycles. The van der Waals surface area contributed by atoms with Gasteiger partial charge in [0.05, 0.1) is 33.0 Å². The van der Waals surface area contributed by atoms with E-state index in [4.69, 9.17) is 18.9 Å². The van der Waals surface area contributed by atoms with Gasteiger partial charge in [-0.3, -0.25) is 0 Å². The van der Waals surface area contributed by atoms with Crippen LogP contribution in [0.3, 0.4) is 0 Å². The van der Waals surface area contributed by atoms with E-state index in [-0.39, 0.29) is 18.3 Å². The average Bonchev–Trinajstić information content (AvgIpc) is 3.05. The van der Waals surface area contributed by atoms with E-state index in [2.05, 4.69) is 42.5 Å². The van der Waals surface area contributed by atoms with Gasteiger partial charge in [-0.15, -0.1) is 0 Å². The summed E-state index contributed by atoms with van der Waals surface area (Å²) in [5.41, 5.74) is 3.38. The summed E-state index contributed by atoms with van der Waals surface area (Å²) < 4.78 is 24.8. The van der Waals surface area contributed by atoms with Crippen LogP contribution in [0.1, 0.15) is 16.7 Å². The molecule has 0 spiro atoms. The Bertz CT molecular complexity index is 927. The zero-order valence-electron chi connectivity index (χ0n) is 18.2. The molecule has 3 aromatic carbocycles. The van der Waals surface area contributed by atoms with Crippen LogP contribution >= 0.6 is 0 Å². The smallest absolute Gasteiger partial charge is 0.116 e.